The molecule has 2 heterocycles. The molecule has 0 spiro atoms. The van der Waals surface area contributed by atoms with Crippen molar-refractivity contribution in [3.05, 3.63) is 76.7 Å². The minimum Gasteiger partial charge on any atom is -0.494 e. The number of allylic oxidation sites excluding steroid dienone is 2. The molecule has 0 saturated heterocycles. The molecule has 2 aromatic heterocycles. The largest absolute Gasteiger partial charge is 0.494 e. The van der Waals surface area contributed by atoms with Gasteiger partial charge in [0.1, 0.15) is 23.9 Å². The summed E-state index contributed by atoms with van der Waals surface area (Å²) in [6, 6.07) is 9.32. The van der Waals surface area contributed by atoms with E-state index >= 15 is 0 Å². The maximum absolute atomic E-state index is 12.9. The molecular weight excluding hydrogens is 672 g/mol. The van der Waals surface area contributed by atoms with E-state index in [1.807, 2.05) is 43.3 Å². The number of pyridine rings is 2. The van der Waals surface area contributed by atoms with Crippen molar-refractivity contribution in [1.82, 2.24) is 15.3 Å². The minimum atomic E-state index is -0.261. The Kier molecular flexibility index (Phi) is 11.7. The van der Waals surface area contributed by atoms with Crippen molar-refractivity contribution in [2.24, 2.45) is 0 Å². The van der Waals surface area contributed by atoms with E-state index in [4.69, 9.17) is 14.2 Å². The van der Waals surface area contributed by atoms with E-state index in [0.29, 0.717) is 29.6 Å². The van der Waals surface area contributed by atoms with Crippen LogP contribution in [0.5, 0.6) is 17.4 Å². The fourth-order valence-corrected chi connectivity index (χ4v) is 4.35. The molecule has 3 aromatic rings. The molecule has 11 heteroatoms. The third kappa shape index (κ3) is 7.03. The molecule has 0 bridgehead atoms. The summed E-state index contributed by atoms with van der Waals surface area (Å²) in [7, 11) is 4.69. The predicted octanol–water partition coefficient (Wildman–Crippen LogP) is 3.07. The third-order valence-electron chi connectivity index (χ3n) is 6.23. The van der Waals surface area contributed by atoms with Crippen molar-refractivity contribution in [3.63, 3.8) is 0 Å². The van der Waals surface area contributed by atoms with Crippen LogP contribution >= 0.6 is 0 Å². The van der Waals surface area contributed by atoms with Gasteiger partial charge in [-0.25, -0.2) is 4.98 Å². The van der Waals surface area contributed by atoms with Crippen LogP contribution in [0.15, 0.2) is 54.5 Å². The fraction of sp³-hybridized carbons (Fsp3) is 0.250. The Hall–Kier alpha value is -3.72. The molecule has 206 valence electrons. The first-order valence-corrected chi connectivity index (χ1v) is 11.7. The van der Waals surface area contributed by atoms with Gasteiger partial charge in [0.2, 0.25) is 11.8 Å². The average Bonchev–Trinajstić information content (AvgIpc) is 3.18. The van der Waals surface area contributed by atoms with Crippen molar-refractivity contribution < 1.29 is 50.7 Å². The van der Waals surface area contributed by atoms with Crippen LogP contribution in [0.1, 0.15) is 35.6 Å². The molecule has 1 aliphatic carbocycles. The second kappa shape index (κ2) is 14.4. The zero-order valence-electron chi connectivity index (χ0n) is 22.2. The van der Waals surface area contributed by atoms with Crippen molar-refractivity contribution >= 4 is 28.8 Å². The van der Waals surface area contributed by atoms with Gasteiger partial charge >= 0.3 is 0 Å². The van der Waals surface area contributed by atoms with Gasteiger partial charge in [0, 0.05) is 57.8 Å². The first-order valence-electron chi connectivity index (χ1n) is 11.7. The number of ether oxygens (including phenoxy) is 3. The van der Waals surface area contributed by atoms with Gasteiger partial charge in [-0.3, -0.25) is 9.78 Å². The molecule has 1 aromatic carbocycles. The van der Waals surface area contributed by atoms with Gasteiger partial charge < -0.3 is 35.4 Å². The number of hydrogen-bond acceptors (Lipinski definition) is 8. The molecule has 1 amide bonds. The molecule has 1 aliphatic rings. The summed E-state index contributed by atoms with van der Waals surface area (Å²) in [6.07, 6.45) is 7.39. The fourth-order valence-electron chi connectivity index (χ4n) is 4.35. The van der Waals surface area contributed by atoms with E-state index in [0.717, 1.165) is 39.0 Å². The number of hydrogen-bond donors (Lipinski definition) is 3. The summed E-state index contributed by atoms with van der Waals surface area (Å²) in [5.41, 5.74) is 7.01. The van der Waals surface area contributed by atoms with E-state index in [9.17, 15) is 9.90 Å². The van der Waals surface area contributed by atoms with Gasteiger partial charge in [-0.2, -0.15) is 0 Å². The molecular formula is C28H32N4O6W. The quantitative estimate of drug-likeness (QED) is 0.273. The molecule has 0 aliphatic heterocycles. The number of anilines is 1. The van der Waals surface area contributed by atoms with Crippen LogP contribution in [0.3, 0.4) is 0 Å². The normalized spacial score (nSPS) is 12.7. The van der Waals surface area contributed by atoms with Crippen LogP contribution in [0, 0.1) is 0 Å². The van der Waals surface area contributed by atoms with Crippen molar-refractivity contribution in [1.29, 1.82) is 0 Å². The molecule has 0 fully saturated rings. The zero-order valence-corrected chi connectivity index (χ0v) is 25.1. The number of nitrogens with zero attached hydrogens (tertiary/aromatic N) is 2. The summed E-state index contributed by atoms with van der Waals surface area (Å²) < 4.78 is 16.4. The van der Waals surface area contributed by atoms with E-state index in [-0.39, 0.29) is 45.6 Å². The van der Waals surface area contributed by atoms with Gasteiger partial charge in [0.05, 0.1) is 27.8 Å². The SMILES string of the molecule is COc1cc2c(cn1)/C(=C\c1cc(OC)c(NCO)c(OC)c1)C(C)=C2CC(=O)NCc1ccncc1.O.[W]. The Labute approximate surface area is 241 Å². The Balaban J connectivity index is 0.00000267. The summed E-state index contributed by atoms with van der Waals surface area (Å²) in [4.78, 5) is 21.3. The minimum absolute atomic E-state index is 0. The number of aliphatic hydroxyl groups is 1. The average molecular weight is 704 g/mol. The number of rotatable bonds is 10. The van der Waals surface area contributed by atoms with Crippen molar-refractivity contribution in [2.45, 2.75) is 19.9 Å². The number of fused-ring (bicyclic) bond motifs is 1. The molecule has 5 N–H and O–H groups in total. The second-order valence-electron chi connectivity index (χ2n) is 8.38. The number of methoxy groups -OCH3 is 3. The Morgan fingerprint density at radius 1 is 1.03 bits per heavy atom. The third-order valence-corrected chi connectivity index (χ3v) is 6.23. The van der Waals surface area contributed by atoms with E-state index in [2.05, 4.69) is 20.6 Å². The monoisotopic (exact) mass is 704 g/mol. The van der Waals surface area contributed by atoms with E-state index in [1.54, 1.807) is 39.9 Å². The number of aromatic nitrogens is 2. The van der Waals surface area contributed by atoms with Crippen molar-refractivity contribution in [2.75, 3.05) is 33.4 Å². The van der Waals surface area contributed by atoms with Crippen LogP contribution in [0.2, 0.25) is 0 Å². The van der Waals surface area contributed by atoms with Crippen LogP contribution < -0.4 is 24.8 Å². The standard InChI is InChI=1S/C28H30N4O5.H2O.W/c1-17-20(9-19-10-24(35-2)28(32-16-33)25(11-19)36-3)23-15-31-27(37-4)13-22(23)21(17)12-26(34)30-14-18-5-7-29-8-6-18;;/h5-11,13,15,32-33H,12,14,16H2,1-4H3,(H,30,34);1H2;/b20-9-;;. The smallest absolute Gasteiger partial charge is 0.224 e. The molecule has 4 rings (SSSR count). The van der Waals surface area contributed by atoms with Gasteiger partial charge in [0.25, 0.3) is 0 Å². The van der Waals surface area contributed by atoms with Crippen molar-refractivity contribution in [3.8, 4) is 17.4 Å². The van der Waals surface area contributed by atoms with Crippen LogP contribution in [-0.4, -0.2) is 54.5 Å². The number of aliphatic hydroxyl groups excluding tert-OH is 1. The Morgan fingerprint density at radius 2 is 1.69 bits per heavy atom. The number of benzene rings is 1. The van der Waals surface area contributed by atoms with Crippen LogP contribution in [-0.2, 0) is 32.4 Å². The number of carbonyl (C=O) groups is 1. The number of amides is 1. The first kappa shape index (κ1) is 31.5. The maximum atomic E-state index is 12.9. The van der Waals surface area contributed by atoms with Gasteiger partial charge in [-0.1, -0.05) is 0 Å². The summed E-state index contributed by atoms with van der Waals surface area (Å²) in [5.74, 6) is 1.45. The molecule has 10 nitrogen and oxygen atoms in total. The van der Waals surface area contributed by atoms with E-state index < -0.39 is 0 Å². The Morgan fingerprint density at radius 3 is 2.28 bits per heavy atom. The first-order chi connectivity index (χ1) is 18.0. The zero-order chi connectivity index (χ0) is 26.4. The Bertz CT molecular complexity index is 1340. The second-order valence-corrected chi connectivity index (χ2v) is 8.38. The van der Waals surface area contributed by atoms with E-state index in [1.165, 1.54) is 0 Å². The topological polar surface area (TPSA) is 146 Å². The number of nitrogens with one attached hydrogen (secondary N) is 2. The van der Waals surface area contributed by atoms with Crippen LogP contribution in [0.4, 0.5) is 5.69 Å². The summed E-state index contributed by atoms with van der Waals surface area (Å²) in [5, 5.41) is 15.2. The number of carbonyl (C=O) groups excluding carboxylic acids is 1. The van der Waals surface area contributed by atoms with Gasteiger partial charge in [-0.15, -0.1) is 0 Å². The van der Waals surface area contributed by atoms with Gasteiger partial charge in [-0.05, 0) is 70.7 Å². The summed E-state index contributed by atoms with van der Waals surface area (Å²) >= 11 is 0. The molecule has 0 unspecified atom stereocenters. The van der Waals surface area contributed by atoms with Gasteiger partial charge in [0.15, 0.2) is 0 Å². The molecule has 0 atom stereocenters. The molecule has 0 radical (unpaired) electrons. The van der Waals surface area contributed by atoms with Crippen LogP contribution in [0.25, 0.3) is 17.2 Å². The predicted molar refractivity (Wildman–Crippen MR) is 146 cm³/mol. The molecule has 0 saturated carbocycles. The maximum Gasteiger partial charge on any atom is 0.224 e. The molecule has 39 heavy (non-hydrogen) atoms. The summed E-state index contributed by atoms with van der Waals surface area (Å²) in [6.45, 7) is 2.17.